The van der Waals surface area contributed by atoms with Crippen LogP contribution in [0.3, 0.4) is 0 Å². The number of amides is 1. The summed E-state index contributed by atoms with van der Waals surface area (Å²) in [5, 5.41) is 3.56. The van der Waals surface area contributed by atoms with Gasteiger partial charge in [-0.05, 0) is 49.9 Å². The molecule has 1 aliphatic heterocycles. The molecule has 0 aliphatic carbocycles. The van der Waals surface area contributed by atoms with E-state index in [0.29, 0.717) is 29.8 Å². The summed E-state index contributed by atoms with van der Waals surface area (Å²) in [6.07, 6.45) is 0. The number of anilines is 2. The predicted molar refractivity (Wildman–Crippen MR) is 126 cm³/mol. The molecule has 1 fully saturated rings. The van der Waals surface area contributed by atoms with Gasteiger partial charge < -0.3 is 19.9 Å². The average Bonchev–Trinajstić information content (AvgIpc) is 2.83. The lowest BCUT2D eigenvalue weighted by molar-refractivity contribution is -0.120. The number of nitrogens with one attached hydrogen (secondary N) is 2. The normalized spacial score (nSPS) is 15.2. The number of rotatable bonds is 7. The highest BCUT2D eigenvalue weighted by molar-refractivity contribution is 5.94. The highest BCUT2D eigenvalue weighted by Crippen LogP contribution is 2.19. The average molecular weight is 436 g/mol. The standard InChI is InChI=1S/C24H29N5O3/c1-3-28(16-22-26-21-7-5-4-6-20(21)24(31)27-22)17(2)23(30)25-18-8-10-19(11-9-18)29-12-14-32-15-13-29/h4-11,17H,3,12-16H2,1-2H3,(H,25,30)(H,26,27,31). The summed E-state index contributed by atoms with van der Waals surface area (Å²) < 4.78 is 5.40. The summed E-state index contributed by atoms with van der Waals surface area (Å²) in [4.78, 5) is 36.9. The molecule has 3 aromatic rings. The second-order valence-electron chi connectivity index (χ2n) is 7.90. The summed E-state index contributed by atoms with van der Waals surface area (Å²) in [6.45, 7) is 8.08. The number of hydrogen-bond acceptors (Lipinski definition) is 6. The van der Waals surface area contributed by atoms with E-state index in [9.17, 15) is 9.59 Å². The van der Waals surface area contributed by atoms with Gasteiger partial charge in [-0.3, -0.25) is 14.5 Å². The van der Waals surface area contributed by atoms with Crippen molar-refractivity contribution in [1.29, 1.82) is 0 Å². The van der Waals surface area contributed by atoms with Crippen LogP contribution in [0, 0.1) is 0 Å². The van der Waals surface area contributed by atoms with Crippen molar-refractivity contribution in [3.05, 3.63) is 64.7 Å². The number of ether oxygens (including phenoxy) is 1. The molecule has 2 N–H and O–H groups in total. The van der Waals surface area contributed by atoms with E-state index in [-0.39, 0.29) is 11.5 Å². The first-order valence-corrected chi connectivity index (χ1v) is 11.0. The highest BCUT2D eigenvalue weighted by Gasteiger charge is 2.21. The van der Waals surface area contributed by atoms with Gasteiger partial charge in [0.1, 0.15) is 5.82 Å². The molecule has 0 saturated carbocycles. The Morgan fingerprint density at radius 3 is 2.62 bits per heavy atom. The van der Waals surface area contributed by atoms with Crippen molar-refractivity contribution in [2.24, 2.45) is 0 Å². The van der Waals surface area contributed by atoms with Crippen molar-refractivity contribution in [3.63, 3.8) is 0 Å². The number of fused-ring (bicyclic) bond motifs is 1. The minimum absolute atomic E-state index is 0.103. The number of morpholine rings is 1. The molecule has 2 aromatic carbocycles. The van der Waals surface area contributed by atoms with Crippen molar-refractivity contribution >= 4 is 28.2 Å². The number of likely N-dealkylation sites (N-methyl/N-ethyl adjacent to an activating group) is 1. The van der Waals surface area contributed by atoms with Crippen molar-refractivity contribution in [2.75, 3.05) is 43.1 Å². The minimum atomic E-state index is -0.393. The monoisotopic (exact) mass is 435 g/mol. The zero-order valence-electron chi connectivity index (χ0n) is 18.5. The Hall–Kier alpha value is -3.23. The first kappa shape index (κ1) is 22.0. The van der Waals surface area contributed by atoms with Crippen molar-refractivity contribution in [2.45, 2.75) is 26.4 Å². The number of para-hydroxylation sites is 1. The second kappa shape index (κ2) is 9.93. The quantitative estimate of drug-likeness (QED) is 0.593. The number of carbonyl (C=O) groups is 1. The largest absolute Gasteiger partial charge is 0.378 e. The SMILES string of the molecule is CCN(Cc1nc2ccccc2c(=O)[nH]1)C(C)C(=O)Nc1ccc(N2CCOCC2)cc1. The Morgan fingerprint density at radius 2 is 1.91 bits per heavy atom. The molecule has 168 valence electrons. The van der Waals surface area contributed by atoms with E-state index < -0.39 is 6.04 Å². The summed E-state index contributed by atoms with van der Waals surface area (Å²) in [6, 6.07) is 14.7. The molecule has 1 aromatic heterocycles. The topological polar surface area (TPSA) is 90.6 Å². The van der Waals surface area contributed by atoms with Gasteiger partial charge in [0.2, 0.25) is 5.91 Å². The van der Waals surface area contributed by atoms with Gasteiger partial charge >= 0.3 is 0 Å². The fourth-order valence-electron chi connectivity index (χ4n) is 3.91. The maximum absolute atomic E-state index is 12.9. The zero-order chi connectivity index (χ0) is 22.5. The molecule has 1 saturated heterocycles. The third-order valence-electron chi connectivity index (χ3n) is 5.86. The number of carbonyl (C=O) groups excluding carboxylic acids is 1. The predicted octanol–water partition coefficient (Wildman–Crippen LogP) is 2.61. The maximum atomic E-state index is 12.9. The number of nitrogens with zero attached hydrogens (tertiary/aromatic N) is 3. The van der Waals surface area contributed by atoms with Gasteiger partial charge in [-0.1, -0.05) is 19.1 Å². The van der Waals surface area contributed by atoms with E-state index in [2.05, 4.69) is 20.2 Å². The molecular formula is C24H29N5O3. The van der Waals surface area contributed by atoms with E-state index in [4.69, 9.17) is 4.74 Å². The lowest BCUT2D eigenvalue weighted by atomic mass is 10.2. The van der Waals surface area contributed by atoms with Crippen LogP contribution in [0.25, 0.3) is 10.9 Å². The molecule has 0 bridgehead atoms. The Morgan fingerprint density at radius 1 is 1.19 bits per heavy atom. The Labute approximate surface area is 187 Å². The fourth-order valence-corrected chi connectivity index (χ4v) is 3.91. The van der Waals surface area contributed by atoms with E-state index >= 15 is 0 Å². The molecule has 1 unspecified atom stereocenters. The van der Waals surface area contributed by atoms with Gasteiger partial charge in [0.25, 0.3) is 5.56 Å². The number of benzene rings is 2. The van der Waals surface area contributed by atoms with Crippen molar-refractivity contribution in [1.82, 2.24) is 14.9 Å². The molecule has 8 heteroatoms. The minimum Gasteiger partial charge on any atom is -0.378 e. The van der Waals surface area contributed by atoms with E-state index in [1.807, 2.05) is 61.2 Å². The van der Waals surface area contributed by atoms with Crippen LogP contribution < -0.4 is 15.8 Å². The molecule has 4 rings (SSSR count). The molecule has 1 amide bonds. The van der Waals surface area contributed by atoms with Crippen molar-refractivity contribution < 1.29 is 9.53 Å². The Bertz CT molecular complexity index is 1120. The smallest absolute Gasteiger partial charge is 0.258 e. The summed E-state index contributed by atoms with van der Waals surface area (Å²) >= 11 is 0. The number of H-pyrrole nitrogens is 1. The van der Waals surface area contributed by atoms with Gasteiger partial charge in [0.15, 0.2) is 0 Å². The number of aromatic nitrogens is 2. The van der Waals surface area contributed by atoms with E-state index in [0.717, 1.165) is 37.7 Å². The van der Waals surface area contributed by atoms with Crippen LogP contribution >= 0.6 is 0 Å². The van der Waals surface area contributed by atoms with Crippen LogP contribution in [0.15, 0.2) is 53.3 Å². The van der Waals surface area contributed by atoms with Crippen LogP contribution in [-0.2, 0) is 16.1 Å². The van der Waals surface area contributed by atoms with Gasteiger partial charge in [0, 0.05) is 24.5 Å². The van der Waals surface area contributed by atoms with E-state index in [1.54, 1.807) is 6.07 Å². The van der Waals surface area contributed by atoms with Gasteiger partial charge in [0.05, 0.1) is 36.7 Å². The third kappa shape index (κ3) is 4.98. The van der Waals surface area contributed by atoms with Crippen LogP contribution in [-0.4, -0.2) is 59.7 Å². The lowest BCUT2D eigenvalue weighted by Crippen LogP contribution is -2.42. The fraction of sp³-hybridized carbons (Fsp3) is 0.375. The van der Waals surface area contributed by atoms with Crippen LogP contribution in [0.1, 0.15) is 19.7 Å². The summed E-state index contributed by atoms with van der Waals surface area (Å²) in [5.74, 6) is 0.444. The molecule has 32 heavy (non-hydrogen) atoms. The first-order valence-electron chi connectivity index (χ1n) is 11.0. The molecule has 8 nitrogen and oxygen atoms in total. The summed E-state index contributed by atoms with van der Waals surface area (Å²) in [7, 11) is 0. The lowest BCUT2D eigenvalue weighted by Gasteiger charge is -2.29. The highest BCUT2D eigenvalue weighted by atomic mass is 16.5. The third-order valence-corrected chi connectivity index (χ3v) is 5.86. The van der Waals surface area contributed by atoms with Gasteiger partial charge in [-0.25, -0.2) is 4.98 Å². The van der Waals surface area contributed by atoms with Crippen LogP contribution in [0.2, 0.25) is 0 Å². The zero-order valence-corrected chi connectivity index (χ0v) is 18.5. The van der Waals surface area contributed by atoms with Crippen LogP contribution in [0.4, 0.5) is 11.4 Å². The number of hydrogen-bond donors (Lipinski definition) is 2. The second-order valence-corrected chi connectivity index (χ2v) is 7.90. The van der Waals surface area contributed by atoms with Gasteiger partial charge in [-0.2, -0.15) is 0 Å². The summed E-state index contributed by atoms with van der Waals surface area (Å²) in [5.41, 5.74) is 2.37. The first-order chi connectivity index (χ1) is 15.5. The van der Waals surface area contributed by atoms with Crippen LogP contribution in [0.5, 0.6) is 0 Å². The molecule has 0 radical (unpaired) electrons. The molecule has 2 heterocycles. The molecular weight excluding hydrogens is 406 g/mol. The van der Waals surface area contributed by atoms with E-state index in [1.165, 1.54) is 0 Å². The molecule has 0 spiro atoms. The number of aromatic amines is 1. The Kier molecular flexibility index (Phi) is 6.82. The molecule has 1 atom stereocenters. The Balaban J connectivity index is 1.41. The molecule has 1 aliphatic rings. The maximum Gasteiger partial charge on any atom is 0.258 e. The van der Waals surface area contributed by atoms with Gasteiger partial charge in [-0.15, -0.1) is 0 Å². The van der Waals surface area contributed by atoms with Crippen molar-refractivity contribution in [3.8, 4) is 0 Å².